The SMILES string of the molecule is CC1(C)c2ccccc2-c2ccc(-n3c4ccccc4c4c5occc5ccc43)cc21. The first-order chi connectivity index (χ1) is 15.1. The number of furan rings is 1. The lowest BCUT2D eigenvalue weighted by atomic mass is 9.82. The van der Waals surface area contributed by atoms with E-state index >= 15 is 0 Å². The van der Waals surface area contributed by atoms with E-state index in [1.54, 1.807) is 6.26 Å². The van der Waals surface area contributed by atoms with E-state index in [-0.39, 0.29) is 5.41 Å². The molecule has 0 atom stereocenters. The number of nitrogens with zero attached hydrogens (tertiary/aromatic N) is 1. The Balaban J connectivity index is 1.58. The molecule has 4 aromatic carbocycles. The summed E-state index contributed by atoms with van der Waals surface area (Å²) in [6, 6.07) is 30.8. The first-order valence-corrected chi connectivity index (χ1v) is 10.8. The highest BCUT2D eigenvalue weighted by molar-refractivity contribution is 6.19. The average molecular weight is 399 g/mol. The minimum atomic E-state index is -0.0189. The highest BCUT2D eigenvalue weighted by atomic mass is 16.3. The van der Waals surface area contributed by atoms with Crippen LogP contribution in [-0.2, 0) is 5.41 Å². The highest BCUT2D eigenvalue weighted by Crippen LogP contribution is 2.49. The van der Waals surface area contributed by atoms with Crippen LogP contribution in [0.2, 0.25) is 0 Å². The molecule has 0 amide bonds. The van der Waals surface area contributed by atoms with Gasteiger partial charge in [0.2, 0.25) is 0 Å². The molecule has 1 aliphatic carbocycles. The van der Waals surface area contributed by atoms with Crippen molar-refractivity contribution in [1.29, 1.82) is 0 Å². The molecule has 0 N–H and O–H groups in total. The van der Waals surface area contributed by atoms with Crippen LogP contribution in [0.5, 0.6) is 0 Å². The number of rotatable bonds is 1. The molecule has 2 heterocycles. The lowest BCUT2D eigenvalue weighted by Crippen LogP contribution is -2.15. The molecule has 148 valence electrons. The Kier molecular flexibility index (Phi) is 3.10. The molecule has 0 saturated carbocycles. The monoisotopic (exact) mass is 399 g/mol. The number of benzene rings is 4. The number of hydrogen-bond acceptors (Lipinski definition) is 1. The van der Waals surface area contributed by atoms with Gasteiger partial charge in [-0.05, 0) is 58.7 Å². The van der Waals surface area contributed by atoms with Crippen LogP contribution in [0.4, 0.5) is 0 Å². The van der Waals surface area contributed by atoms with Gasteiger partial charge in [0.15, 0.2) is 0 Å². The molecule has 0 spiro atoms. The van der Waals surface area contributed by atoms with Gasteiger partial charge in [-0.25, -0.2) is 0 Å². The van der Waals surface area contributed by atoms with Gasteiger partial charge in [-0.1, -0.05) is 62.4 Å². The van der Waals surface area contributed by atoms with E-state index in [1.807, 2.05) is 6.07 Å². The maximum Gasteiger partial charge on any atom is 0.143 e. The fourth-order valence-corrected chi connectivity index (χ4v) is 5.59. The molecule has 6 aromatic rings. The van der Waals surface area contributed by atoms with Gasteiger partial charge >= 0.3 is 0 Å². The van der Waals surface area contributed by atoms with Gasteiger partial charge in [0.1, 0.15) is 5.58 Å². The smallest absolute Gasteiger partial charge is 0.143 e. The van der Waals surface area contributed by atoms with E-state index in [1.165, 1.54) is 49.7 Å². The summed E-state index contributed by atoms with van der Waals surface area (Å²) in [7, 11) is 0. The Morgan fingerprint density at radius 3 is 2.45 bits per heavy atom. The third kappa shape index (κ3) is 2.07. The first kappa shape index (κ1) is 17.0. The molecule has 7 rings (SSSR count). The van der Waals surface area contributed by atoms with Crippen LogP contribution in [0.15, 0.2) is 95.6 Å². The molecule has 31 heavy (non-hydrogen) atoms. The fraction of sp³-hybridized carbons (Fsp3) is 0.103. The fourth-order valence-electron chi connectivity index (χ4n) is 5.59. The zero-order valence-electron chi connectivity index (χ0n) is 17.5. The predicted molar refractivity (Wildman–Crippen MR) is 128 cm³/mol. The third-order valence-electron chi connectivity index (χ3n) is 7.08. The summed E-state index contributed by atoms with van der Waals surface area (Å²) in [6.07, 6.45) is 1.78. The van der Waals surface area contributed by atoms with Crippen LogP contribution in [-0.4, -0.2) is 4.57 Å². The van der Waals surface area contributed by atoms with Gasteiger partial charge in [0, 0.05) is 21.9 Å². The molecule has 2 nitrogen and oxygen atoms in total. The summed E-state index contributed by atoms with van der Waals surface area (Å²) in [4.78, 5) is 0. The zero-order valence-corrected chi connectivity index (χ0v) is 17.5. The summed E-state index contributed by atoms with van der Waals surface area (Å²) in [5.41, 5.74) is 10.0. The second-order valence-corrected chi connectivity index (χ2v) is 9.05. The van der Waals surface area contributed by atoms with E-state index in [9.17, 15) is 0 Å². The van der Waals surface area contributed by atoms with Crippen molar-refractivity contribution in [2.75, 3.05) is 0 Å². The summed E-state index contributed by atoms with van der Waals surface area (Å²) in [5, 5.41) is 3.54. The topological polar surface area (TPSA) is 18.1 Å². The van der Waals surface area contributed by atoms with Gasteiger partial charge in [-0.2, -0.15) is 0 Å². The van der Waals surface area contributed by atoms with E-state index in [2.05, 4.69) is 97.3 Å². The number of fused-ring (bicyclic) bond motifs is 8. The maximum atomic E-state index is 5.92. The van der Waals surface area contributed by atoms with Crippen LogP contribution < -0.4 is 0 Å². The van der Waals surface area contributed by atoms with Gasteiger partial charge < -0.3 is 8.98 Å². The van der Waals surface area contributed by atoms with Crippen molar-refractivity contribution in [1.82, 2.24) is 4.57 Å². The summed E-state index contributed by atoms with van der Waals surface area (Å²) >= 11 is 0. The summed E-state index contributed by atoms with van der Waals surface area (Å²) in [6.45, 7) is 4.67. The predicted octanol–water partition coefficient (Wildman–Crippen LogP) is 7.84. The normalized spacial score (nSPS) is 14.4. The Bertz CT molecular complexity index is 1660. The third-order valence-corrected chi connectivity index (χ3v) is 7.08. The number of para-hydroxylation sites is 1. The molecular formula is C29H21NO. The first-order valence-electron chi connectivity index (χ1n) is 10.8. The van der Waals surface area contributed by atoms with Crippen LogP contribution in [0.25, 0.3) is 49.6 Å². The second kappa shape index (κ2) is 5.67. The van der Waals surface area contributed by atoms with Crippen molar-refractivity contribution in [2.45, 2.75) is 19.3 Å². The van der Waals surface area contributed by atoms with Crippen molar-refractivity contribution in [3.8, 4) is 16.8 Å². The van der Waals surface area contributed by atoms with Crippen molar-refractivity contribution < 1.29 is 4.42 Å². The highest BCUT2D eigenvalue weighted by Gasteiger charge is 2.35. The Morgan fingerprint density at radius 2 is 1.52 bits per heavy atom. The minimum absolute atomic E-state index is 0.0189. The Labute approximate surface area is 180 Å². The van der Waals surface area contributed by atoms with Crippen LogP contribution in [0, 0.1) is 0 Å². The molecule has 1 aliphatic rings. The number of aromatic nitrogens is 1. The average Bonchev–Trinajstić information content (AvgIpc) is 3.46. The van der Waals surface area contributed by atoms with Crippen LogP contribution in [0.1, 0.15) is 25.0 Å². The number of hydrogen-bond donors (Lipinski definition) is 0. The van der Waals surface area contributed by atoms with Crippen molar-refractivity contribution >= 4 is 32.8 Å². The minimum Gasteiger partial charge on any atom is -0.464 e. The molecule has 0 unspecified atom stereocenters. The van der Waals surface area contributed by atoms with E-state index in [0.29, 0.717) is 0 Å². The Hall–Kier alpha value is -3.78. The standard InChI is InChI=1S/C29H21NO/c1-29(2)23-9-5-3-7-20(23)21-13-12-19(17-24(21)29)30-25-10-6-4-8-22(25)27-26(30)14-11-18-15-16-31-28(18)27/h3-17H,1-2H3. The van der Waals surface area contributed by atoms with Gasteiger partial charge in [0.25, 0.3) is 0 Å². The van der Waals surface area contributed by atoms with E-state index < -0.39 is 0 Å². The lowest BCUT2D eigenvalue weighted by molar-refractivity contribution is 0.619. The molecule has 2 heteroatoms. The second-order valence-electron chi connectivity index (χ2n) is 9.05. The molecule has 0 radical (unpaired) electrons. The van der Waals surface area contributed by atoms with Crippen molar-refractivity contribution in [3.05, 3.63) is 102 Å². The van der Waals surface area contributed by atoms with Crippen molar-refractivity contribution in [2.24, 2.45) is 0 Å². The summed E-state index contributed by atoms with van der Waals surface area (Å²) in [5.74, 6) is 0. The molecule has 0 aliphatic heterocycles. The summed E-state index contributed by atoms with van der Waals surface area (Å²) < 4.78 is 8.31. The van der Waals surface area contributed by atoms with Crippen LogP contribution >= 0.6 is 0 Å². The van der Waals surface area contributed by atoms with Crippen molar-refractivity contribution in [3.63, 3.8) is 0 Å². The van der Waals surface area contributed by atoms with E-state index in [4.69, 9.17) is 4.42 Å². The maximum absolute atomic E-state index is 5.92. The zero-order chi connectivity index (χ0) is 20.7. The molecule has 0 saturated heterocycles. The quantitative estimate of drug-likeness (QED) is 0.275. The van der Waals surface area contributed by atoms with Crippen LogP contribution in [0.3, 0.4) is 0 Å². The largest absolute Gasteiger partial charge is 0.464 e. The molecular weight excluding hydrogens is 378 g/mol. The molecule has 0 fully saturated rings. The van der Waals surface area contributed by atoms with Gasteiger partial charge in [-0.15, -0.1) is 0 Å². The lowest BCUT2D eigenvalue weighted by Gasteiger charge is -2.22. The molecule has 2 aromatic heterocycles. The molecule has 0 bridgehead atoms. The van der Waals surface area contributed by atoms with Gasteiger partial charge in [-0.3, -0.25) is 0 Å². The van der Waals surface area contributed by atoms with E-state index in [0.717, 1.165) is 11.0 Å². The Morgan fingerprint density at radius 1 is 0.710 bits per heavy atom. The van der Waals surface area contributed by atoms with Gasteiger partial charge in [0.05, 0.1) is 22.7 Å².